The SMILES string of the molecule is CC(C)CCOC(=O)Oc1ccc(C[C@H](Nc2ccccc2)C(=O)O)cc1OC(=O)OCCC(C)C. The summed E-state index contributed by atoms with van der Waals surface area (Å²) in [5.41, 5.74) is 1.19. The summed E-state index contributed by atoms with van der Waals surface area (Å²) in [6.07, 6.45) is -0.489. The number of aliphatic carboxylic acids is 1. The van der Waals surface area contributed by atoms with E-state index in [4.69, 9.17) is 18.9 Å². The molecule has 9 nitrogen and oxygen atoms in total. The van der Waals surface area contributed by atoms with Gasteiger partial charge in [0, 0.05) is 12.1 Å². The summed E-state index contributed by atoms with van der Waals surface area (Å²) in [5, 5.41) is 12.7. The Hall–Kier alpha value is -3.75. The molecule has 0 bridgehead atoms. The zero-order chi connectivity index (χ0) is 26.5. The van der Waals surface area contributed by atoms with E-state index in [9.17, 15) is 19.5 Å². The van der Waals surface area contributed by atoms with Gasteiger partial charge in [0.05, 0.1) is 13.2 Å². The van der Waals surface area contributed by atoms with E-state index in [0.717, 1.165) is 0 Å². The van der Waals surface area contributed by atoms with Gasteiger partial charge in [-0.1, -0.05) is 52.0 Å². The fourth-order valence-corrected chi connectivity index (χ4v) is 3.01. The summed E-state index contributed by atoms with van der Waals surface area (Å²) < 4.78 is 20.7. The highest BCUT2D eigenvalue weighted by atomic mass is 16.7. The largest absolute Gasteiger partial charge is 0.513 e. The van der Waals surface area contributed by atoms with Gasteiger partial charge in [0.25, 0.3) is 0 Å². The van der Waals surface area contributed by atoms with Crippen LogP contribution in [0.3, 0.4) is 0 Å². The summed E-state index contributed by atoms with van der Waals surface area (Å²) in [5.74, 6) is -0.485. The molecule has 2 rings (SSSR count). The predicted octanol–water partition coefficient (Wildman–Crippen LogP) is 5.92. The summed E-state index contributed by atoms with van der Waals surface area (Å²) in [6, 6.07) is 12.5. The molecule has 0 aliphatic carbocycles. The average Bonchev–Trinajstić information content (AvgIpc) is 2.80. The first-order chi connectivity index (χ1) is 17.1. The van der Waals surface area contributed by atoms with E-state index in [1.54, 1.807) is 30.3 Å². The highest BCUT2D eigenvalue weighted by Gasteiger charge is 2.21. The number of ether oxygens (including phenoxy) is 4. The lowest BCUT2D eigenvalue weighted by Crippen LogP contribution is -2.31. The third-order valence-corrected chi connectivity index (χ3v) is 5.08. The van der Waals surface area contributed by atoms with Crippen molar-refractivity contribution in [1.29, 1.82) is 0 Å². The number of anilines is 1. The topological polar surface area (TPSA) is 120 Å². The molecule has 1 atom stereocenters. The van der Waals surface area contributed by atoms with Crippen LogP contribution in [0.25, 0.3) is 0 Å². The molecule has 2 aromatic carbocycles. The second-order valence-corrected chi connectivity index (χ2v) is 9.15. The van der Waals surface area contributed by atoms with Crippen LogP contribution in [0.1, 0.15) is 46.1 Å². The lowest BCUT2D eigenvalue weighted by Gasteiger charge is -2.17. The van der Waals surface area contributed by atoms with Crippen molar-refractivity contribution in [1.82, 2.24) is 0 Å². The molecule has 0 saturated heterocycles. The molecule has 0 saturated carbocycles. The van der Waals surface area contributed by atoms with Crippen LogP contribution in [0.5, 0.6) is 11.5 Å². The van der Waals surface area contributed by atoms with Crippen LogP contribution >= 0.6 is 0 Å². The van der Waals surface area contributed by atoms with E-state index >= 15 is 0 Å². The Labute approximate surface area is 211 Å². The van der Waals surface area contributed by atoms with Gasteiger partial charge in [-0.05, 0) is 54.5 Å². The zero-order valence-electron chi connectivity index (χ0n) is 21.2. The molecule has 0 aromatic heterocycles. The maximum Gasteiger partial charge on any atom is 0.513 e. The van der Waals surface area contributed by atoms with Crippen LogP contribution in [0.15, 0.2) is 48.5 Å². The minimum Gasteiger partial charge on any atom is -0.480 e. The number of benzene rings is 2. The number of hydrogen-bond acceptors (Lipinski definition) is 8. The molecule has 196 valence electrons. The summed E-state index contributed by atoms with van der Waals surface area (Å²) >= 11 is 0. The standard InChI is InChI=1S/C27H35NO8/c1-18(2)12-14-33-26(31)35-23-11-10-20(17-24(23)36-27(32)34-15-13-19(3)4)16-22(25(29)30)28-21-8-6-5-7-9-21/h5-11,17-19,22,28H,12-16H2,1-4H3,(H,29,30)/t22-/m0/s1. The average molecular weight is 502 g/mol. The monoisotopic (exact) mass is 501 g/mol. The third kappa shape index (κ3) is 10.7. The molecule has 0 unspecified atom stereocenters. The van der Waals surface area contributed by atoms with Crippen LogP contribution in [0.2, 0.25) is 0 Å². The summed E-state index contributed by atoms with van der Waals surface area (Å²) in [6.45, 7) is 8.36. The van der Waals surface area contributed by atoms with Gasteiger partial charge in [0.15, 0.2) is 11.5 Å². The molecular formula is C27H35NO8. The first kappa shape index (κ1) is 28.5. The van der Waals surface area contributed by atoms with Gasteiger partial charge in [0.1, 0.15) is 6.04 Å². The molecule has 0 heterocycles. The van der Waals surface area contributed by atoms with E-state index in [1.807, 2.05) is 33.8 Å². The molecule has 0 amide bonds. The Bertz CT molecular complexity index is 991. The minimum atomic E-state index is -1.05. The molecule has 36 heavy (non-hydrogen) atoms. The molecule has 0 fully saturated rings. The Balaban J connectivity index is 2.18. The Morgan fingerprint density at radius 1 is 0.806 bits per heavy atom. The van der Waals surface area contributed by atoms with Crippen molar-refractivity contribution in [2.24, 2.45) is 11.8 Å². The smallest absolute Gasteiger partial charge is 0.480 e. The van der Waals surface area contributed by atoms with Crippen molar-refractivity contribution in [3.63, 3.8) is 0 Å². The number of rotatable bonds is 13. The van der Waals surface area contributed by atoms with Crippen molar-refractivity contribution in [2.75, 3.05) is 18.5 Å². The van der Waals surface area contributed by atoms with Crippen molar-refractivity contribution in [3.05, 3.63) is 54.1 Å². The van der Waals surface area contributed by atoms with Gasteiger partial charge >= 0.3 is 18.3 Å². The molecular weight excluding hydrogens is 466 g/mol. The molecule has 0 radical (unpaired) electrons. The number of nitrogens with one attached hydrogen (secondary N) is 1. The second kappa shape index (κ2) is 14.6. The first-order valence-electron chi connectivity index (χ1n) is 12.0. The lowest BCUT2D eigenvalue weighted by atomic mass is 10.0. The van der Waals surface area contributed by atoms with Gasteiger partial charge in [-0.2, -0.15) is 0 Å². The fourth-order valence-electron chi connectivity index (χ4n) is 3.01. The quantitative estimate of drug-likeness (QED) is 0.254. The maximum atomic E-state index is 12.2. The minimum absolute atomic E-state index is 0.0444. The molecule has 0 aliphatic heterocycles. The van der Waals surface area contributed by atoms with Crippen molar-refractivity contribution in [2.45, 2.75) is 53.0 Å². The van der Waals surface area contributed by atoms with Gasteiger partial charge in [-0.3, -0.25) is 0 Å². The van der Waals surface area contributed by atoms with E-state index in [1.165, 1.54) is 12.1 Å². The molecule has 2 aromatic rings. The molecule has 2 N–H and O–H groups in total. The number of hydrogen-bond donors (Lipinski definition) is 2. The van der Waals surface area contributed by atoms with Gasteiger partial charge in [-0.15, -0.1) is 0 Å². The summed E-state index contributed by atoms with van der Waals surface area (Å²) in [7, 11) is 0. The van der Waals surface area contributed by atoms with Gasteiger partial charge in [-0.25, -0.2) is 14.4 Å². The molecule has 0 aliphatic rings. The Morgan fingerprint density at radius 2 is 1.36 bits per heavy atom. The lowest BCUT2D eigenvalue weighted by molar-refractivity contribution is -0.137. The number of para-hydroxylation sites is 1. The Kier molecular flexibility index (Phi) is 11.6. The van der Waals surface area contributed by atoms with Crippen LogP contribution in [0, 0.1) is 11.8 Å². The summed E-state index contributed by atoms with van der Waals surface area (Å²) in [4.78, 5) is 36.2. The van der Waals surface area contributed by atoms with Crippen molar-refractivity contribution < 1.29 is 38.4 Å². The van der Waals surface area contributed by atoms with E-state index in [2.05, 4.69) is 5.32 Å². The van der Waals surface area contributed by atoms with Crippen LogP contribution in [0.4, 0.5) is 15.3 Å². The van der Waals surface area contributed by atoms with E-state index in [0.29, 0.717) is 35.9 Å². The van der Waals surface area contributed by atoms with Crippen LogP contribution in [-0.2, 0) is 20.7 Å². The fraction of sp³-hybridized carbons (Fsp3) is 0.444. The molecule has 9 heteroatoms. The van der Waals surface area contributed by atoms with Crippen LogP contribution in [-0.4, -0.2) is 42.6 Å². The van der Waals surface area contributed by atoms with Crippen LogP contribution < -0.4 is 14.8 Å². The number of carbonyl (C=O) groups is 3. The number of carboxylic acid groups (broad SMARTS) is 1. The van der Waals surface area contributed by atoms with Gasteiger partial charge < -0.3 is 29.4 Å². The van der Waals surface area contributed by atoms with E-state index < -0.39 is 24.3 Å². The number of carboxylic acids is 1. The zero-order valence-corrected chi connectivity index (χ0v) is 21.2. The third-order valence-electron chi connectivity index (χ3n) is 5.08. The normalized spacial score (nSPS) is 11.6. The predicted molar refractivity (Wildman–Crippen MR) is 134 cm³/mol. The highest BCUT2D eigenvalue weighted by molar-refractivity contribution is 5.78. The Morgan fingerprint density at radius 3 is 1.89 bits per heavy atom. The molecule has 0 spiro atoms. The highest BCUT2D eigenvalue weighted by Crippen LogP contribution is 2.30. The van der Waals surface area contributed by atoms with Gasteiger partial charge in [0.2, 0.25) is 0 Å². The van der Waals surface area contributed by atoms with E-state index in [-0.39, 0.29) is 31.1 Å². The first-order valence-corrected chi connectivity index (χ1v) is 12.0. The van der Waals surface area contributed by atoms with Crippen molar-refractivity contribution >= 4 is 24.0 Å². The number of carbonyl (C=O) groups excluding carboxylic acids is 2. The second-order valence-electron chi connectivity index (χ2n) is 9.15. The van der Waals surface area contributed by atoms with Crippen molar-refractivity contribution in [3.8, 4) is 11.5 Å². The maximum absolute atomic E-state index is 12.2.